The molecule has 0 saturated heterocycles. The fourth-order valence-electron chi connectivity index (χ4n) is 0. The van der Waals surface area contributed by atoms with Crippen molar-refractivity contribution in [3.63, 3.8) is 0 Å². The number of rotatable bonds is 0. The van der Waals surface area contributed by atoms with Gasteiger partial charge in [-0.2, -0.15) is 0 Å². The van der Waals surface area contributed by atoms with Crippen LogP contribution in [0.5, 0.6) is 0 Å². The number of nitriles is 1. The maximum absolute atomic E-state index is 7.57. The van der Waals surface area contributed by atoms with Crippen molar-refractivity contribution in [2.75, 3.05) is 6.61 Å². The zero-order valence-electron chi connectivity index (χ0n) is 5.68. The molecule has 0 aliphatic carbocycles. The molecule has 0 aliphatic rings. The van der Waals surface area contributed by atoms with Crippen molar-refractivity contribution in [1.29, 1.82) is 5.26 Å². The number of hydrogen-bond donors (Lipinski definition) is 1. The van der Waals surface area contributed by atoms with Crippen molar-refractivity contribution in [2.24, 2.45) is 0 Å². The van der Waals surface area contributed by atoms with E-state index in [9.17, 15) is 0 Å². The van der Waals surface area contributed by atoms with Gasteiger partial charge >= 0.3 is 29.6 Å². The van der Waals surface area contributed by atoms with E-state index >= 15 is 0 Å². The molecule has 0 atom stereocenters. The molecule has 0 bridgehead atoms. The van der Waals surface area contributed by atoms with E-state index in [0.717, 1.165) is 0 Å². The molecule has 40 valence electrons. The van der Waals surface area contributed by atoms with Gasteiger partial charge in [0.1, 0.15) is 0 Å². The average Bonchev–Trinajstić information content (AvgIpc) is 1.46. The molecule has 0 spiro atoms. The summed E-state index contributed by atoms with van der Waals surface area (Å²) in [5.41, 5.74) is 0. The van der Waals surface area contributed by atoms with Gasteiger partial charge in [-0.25, -0.2) is 5.26 Å². The number of hydrogen-bond acceptors (Lipinski definition) is 2. The van der Waals surface area contributed by atoms with E-state index < -0.39 is 0 Å². The van der Waals surface area contributed by atoms with Gasteiger partial charge in [-0.3, -0.25) is 0 Å². The Morgan fingerprint density at radius 1 is 1.71 bits per heavy atom. The maximum Gasteiger partial charge on any atom is 1.00 e. The molecule has 0 amide bonds. The smallest absolute Gasteiger partial charge is 1.00 e. The van der Waals surface area contributed by atoms with Gasteiger partial charge < -0.3 is 12.0 Å². The van der Waals surface area contributed by atoms with Gasteiger partial charge in [0.05, 0.1) is 0 Å². The molecule has 0 saturated carbocycles. The van der Waals surface area contributed by atoms with Gasteiger partial charge in [-0.1, -0.05) is 0 Å². The summed E-state index contributed by atoms with van der Waals surface area (Å²) in [5, 5.41) is 14.1. The molecule has 3 nitrogen and oxygen atoms in total. The molecule has 0 fully saturated rings. The molecule has 0 radical (unpaired) electrons. The second-order valence-electron chi connectivity index (χ2n) is 0.316. The molecule has 0 aromatic rings. The van der Waals surface area contributed by atoms with Crippen molar-refractivity contribution in [3.05, 3.63) is 0 Å². The Morgan fingerprint density at radius 3 is 1.71 bits per heavy atom. The predicted octanol–water partition coefficient (Wildman–Crippen LogP) is -3.57. The molecule has 0 aromatic carbocycles. The fourth-order valence-corrected chi connectivity index (χ4v) is 0. The minimum absolute atomic E-state index is 0. The summed E-state index contributed by atoms with van der Waals surface area (Å²) in [5.74, 6) is 0. The van der Waals surface area contributed by atoms with Crippen LogP contribution in [0.25, 0.3) is 0 Å². The van der Waals surface area contributed by atoms with Gasteiger partial charge in [0, 0.05) is 13.2 Å². The van der Waals surface area contributed by atoms with E-state index in [4.69, 9.17) is 10.4 Å². The first-order chi connectivity index (χ1) is 2.41. The van der Waals surface area contributed by atoms with Crippen molar-refractivity contribution < 1.29 is 41.6 Å². The third-order valence-corrected chi connectivity index (χ3v) is 0. The monoisotopic (exact) mass is 115 g/mol. The summed E-state index contributed by atoms with van der Waals surface area (Å²) in [6, 6.07) is 0. The van der Waals surface area contributed by atoms with Gasteiger partial charge in [-0.15, -0.1) is 0 Å². The van der Waals surface area contributed by atoms with Crippen LogP contribution >= 0.6 is 0 Å². The molecule has 3 N–H and O–H groups in total. The molecular weight excluding hydrogens is 105 g/mol. The molecule has 0 heterocycles. The molecule has 0 aromatic heterocycles. The minimum atomic E-state index is 0. The first kappa shape index (κ1) is 26.2. The Labute approximate surface area is 67.0 Å². The molecule has 4 heteroatoms. The van der Waals surface area contributed by atoms with Crippen LogP contribution in [0.4, 0.5) is 0 Å². The Balaban J connectivity index is -0.00000000567. The van der Waals surface area contributed by atoms with E-state index in [0.29, 0.717) is 0 Å². The Kier molecular flexibility index (Phi) is 353. The Bertz CT molecular complexity index is 28.5. The molecular formula is C3H10NNaO2. The van der Waals surface area contributed by atoms with Crippen molar-refractivity contribution in [2.45, 2.75) is 6.92 Å². The van der Waals surface area contributed by atoms with Crippen LogP contribution in [-0.2, 0) is 0 Å². The van der Waals surface area contributed by atoms with Crippen LogP contribution < -0.4 is 29.6 Å². The van der Waals surface area contributed by atoms with Crippen LogP contribution in [0.3, 0.4) is 0 Å². The van der Waals surface area contributed by atoms with Crippen LogP contribution in [-0.4, -0.2) is 17.2 Å². The molecule has 0 unspecified atom stereocenters. The van der Waals surface area contributed by atoms with E-state index in [1.165, 1.54) is 0 Å². The van der Waals surface area contributed by atoms with Crippen LogP contribution in [0.1, 0.15) is 8.35 Å². The summed E-state index contributed by atoms with van der Waals surface area (Å²) >= 11 is 0. The topological polar surface area (TPSA) is 75.5 Å². The standard InChI is InChI=1S/C2H6O.CHN.Na.H2O.H/c1-2-3;1-2;;;/h3H,2H2,1H3;1H;;1H2;/q;;+1;;-1. The summed E-state index contributed by atoms with van der Waals surface area (Å²) in [6.07, 6.45) is 0. The SMILES string of the molecule is C#N.CCO.O.[H-].[Na+]. The Hall–Kier alpha value is 0.410. The van der Waals surface area contributed by atoms with E-state index in [2.05, 4.69) is 6.57 Å². The normalized spacial score (nSPS) is 2.86. The van der Waals surface area contributed by atoms with Crippen LogP contribution in [0.2, 0.25) is 0 Å². The third-order valence-electron chi connectivity index (χ3n) is 0. The second-order valence-corrected chi connectivity index (χ2v) is 0.316. The van der Waals surface area contributed by atoms with Crippen molar-refractivity contribution in [3.8, 4) is 6.57 Å². The quantitative estimate of drug-likeness (QED) is 0.331. The summed E-state index contributed by atoms with van der Waals surface area (Å²) in [7, 11) is 0. The van der Waals surface area contributed by atoms with Gasteiger partial charge in [0.25, 0.3) is 0 Å². The van der Waals surface area contributed by atoms with Crippen molar-refractivity contribution in [1.82, 2.24) is 0 Å². The van der Waals surface area contributed by atoms with Gasteiger partial charge in [0.15, 0.2) is 0 Å². The molecule has 7 heavy (non-hydrogen) atoms. The Morgan fingerprint density at radius 2 is 1.71 bits per heavy atom. The van der Waals surface area contributed by atoms with Crippen LogP contribution in [0.15, 0.2) is 0 Å². The van der Waals surface area contributed by atoms with Gasteiger partial charge in [-0.05, 0) is 6.92 Å². The summed E-state index contributed by atoms with van der Waals surface area (Å²) in [6.45, 7) is 5.43. The minimum Gasteiger partial charge on any atom is -1.00 e. The number of nitrogens with zero attached hydrogens (tertiary/aromatic N) is 1. The summed E-state index contributed by atoms with van der Waals surface area (Å²) in [4.78, 5) is 0. The average molecular weight is 115 g/mol. The van der Waals surface area contributed by atoms with Crippen molar-refractivity contribution >= 4 is 0 Å². The van der Waals surface area contributed by atoms with E-state index in [-0.39, 0.29) is 43.1 Å². The van der Waals surface area contributed by atoms with E-state index in [1.807, 2.05) is 0 Å². The zero-order valence-corrected chi connectivity index (χ0v) is 6.68. The van der Waals surface area contributed by atoms with E-state index in [1.54, 1.807) is 6.92 Å². The second kappa shape index (κ2) is 94.4. The zero-order chi connectivity index (χ0) is 4.71. The summed E-state index contributed by atoms with van der Waals surface area (Å²) < 4.78 is 0. The molecule has 0 aliphatic heterocycles. The first-order valence-electron chi connectivity index (χ1n) is 1.28. The fraction of sp³-hybridized carbons (Fsp3) is 0.667. The number of aliphatic hydroxyl groups is 1. The first-order valence-corrected chi connectivity index (χ1v) is 1.28. The van der Waals surface area contributed by atoms with Gasteiger partial charge in [0.2, 0.25) is 0 Å². The molecule has 0 rings (SSSR count). The van der Waals surface area contributed by atoms with Crippen LogP contribution in [0, 0.1) is 11.8 Å². The maximum atomic E-state index is 7.57. The largest absolute Gasteiger partial charge is 1.00 e. The number of aliphatic hydroxyl groups excluding tert-OH is 1. The predicted molar refractivity (Wildman–Crippen MR) is 24.2 cm³/mol. The third kappa shape index (κ3) is 742.